The summed E-state index contributed by atoms with van der Waals surface area (Å²) >= 11 is 3.48. The van der Waals surface area contributed by atoms with Gasteiger partial charge in [-0.2, -0.15) is 0 Å². The van der Waals surface area contributed by atoms with Crippen LogP contribution >= 0.6 is 22.7 Å². The number of thiophene rings is 2. The summed E-state index contributed by atoms with van der Waals surface area (Å²) in [6.07, 6.45) is 1.63. The van der Waals surface area contributed by atoms with Crippen molar-refractivity contribution in [2.45, 2.75) is 6.54 Å². The topological polar surface area (TPSA) is 37.8 Å². The highest BCUT2D eigenvalue weighted by molar-refractivity contribution is 7.22. The molecule has 0 atom stereocenters. The Labute approximate surface area is 136 Å². The third kappa shape index (κ3) is 2.61. The summed E-state index contributed by atoms with van der Waals surface area (Å²) in [4.78, 5) is 11.3. The predicted molar refractivity (Wildman–Crippen MR) is 94.5 cm³/mol. The van der Waals surface area contributed by atoms with E-state index in [1.54, 1.807) is 29.0 Å². The van der Waals surface area contributed by atoms with Crippen LogP contribution in [-0.2, 0) is 6.54 Å². The lowest BCUT2D eigenvalue weighted by molar-refractivity contribution is 1.13. The highest BCUT2D eigenvalue weighted by atomic mass is 32.1. The Kier molecular flexibility index (Phi) is 3.58. The summed E-state index contributed by atoms with van der Waals surface area (Å²) in [5, 5.41) is 5.51. The maximum Gasteiger partial charge on any atom is 0.147 e. The number of benzene rings is 1. The number of nitrogens with one attached hydrogen (secondary N) is 1. The summed E-state index contributed by atoms with van der Waals surface area (Å²) in [6, 6.07) is 16.7. The minimum absolute atomic E-state index is 0.794. The van der Waals surface area contributed by atoms with Gasteiger partial charge >= 0.3 is 0 Å². The van der Waals surface area contributed by atoms with E-state index in [1.165, 1.54) is 15.3 Å². The Morgan fingerprint density at radius 1 is 1.00 bits per heavy atom. The Balaban J connectivity index is 1.69. The number of rotatable bonds is 4. The zero-order valence-electron chi connectivity index (χ0n) is 11.7. The van der Waals surface area contributed by atoms with Crippen LogP contribution < -0.4 is 5.32 Å². The molecule has 4 rings (SSSR count). The van der Waals surface area contributed by atoms with Crippen molar-refractivity contribution in [3.63, 3.8) is 0 Å². The van der Waals surface area contributed by atoms with Gasteiger partial charge in [-0.3, -0.25) is 0 Å². The fourth-order valence-corrected chi connectivity index (χ4v) is 4.04. The molecule has 0 unspecified atom stereocenters. The minimum atomic E-state index is 0.794. The quantitative estimate of drug-likeness (QED) is 0.572. The van der Waals surface area contributed by atoms with Crippen molar-refractivity contribution >= 4 is 38.7 Å². The Morgan fingerprint density at radius 3 is 2.73 bits per heavy atom. The standard InChI is InChI=1S/C17H13N3S2/c1-2-5-12(6-3-1)15-9-14-16(22-15)17(20-11-19-14)18-10-13-7-4-8-21-13/h1-9,11H,10H2,(H,18,19,20). The lowest BCUT2D eigenvalue weighted by Gasteiger charge is -2.04. The van der Waals surface area contributed by atoms with Gasteiger partial charge in [0.2, 0.25) is 0 Å². The summed E-state index contributed by atoms with van der Waals surface area (Å²) in [5.41, 5.74) is 2.21. The summed E-state index contributed by atoms with van der Waals surface area (Å²) < 4.78 is 1.11. The van der Waals surface area contributed by atoms with Crippen molar-refractivity contribution in [1.82, 2.24) is 9.97 Å². The molecule has 3 aromatic heterocycles. The van der Waals surface area contributed by atoms with E-state index in [-0.39, 0.29) is 0 Å². The molecule has 4 aromatic rings. The lowest BCUT2D eigenvalue weighted by atomic mass is 10.2. The van der Waals surface area contributed by atoms with Gasteiger partial charge in [-0.05, 0) is 23.1 Å². The summed E-state index contributed by atoms with van der Waals surface area (Å²) in [6.45, 7) is 0.794. The van der Waals surface area contributed by atoms with Gasteiger partial charge in [0.25, 0.3) is 0 Å². The van der Waals surface area contributed by atoms with Crippen LogP contribution in [0.15, 0.2) is 60.2 Å². The fraction of sp³-hybridized carbons (Fsp3) is 0.0588. The molecule has 0 aliphatic carbocycles. The van der Waals surface area contributed by atoms with Crippen molar-refractivity contribution in [1.29, 1.82) is 0 Å². The average molecular weight is 323 g/mol. The molecule has 1 N–H and O–H groups in total. The molecule has 0 saturated heterocycles. The first-order chi connectivity index (χ1) is 10.9. The zero-order chi connectivity index (χ0) is 14.8. The van der Waals surface area contributed by atoms with Crippen LogP contribution in [0.5, 0.6) is 0 Å². The zero-order valence-corrected chi connectivity index (χ0v) is 13.3. The number of hydrogen-bond acceptors (Lipinski definition) is 5. The molecule has 0 bridgehead atoms. The smallest absolute Gasteiger partial charge is 0.147 e. The molecule has 0 aliphatic rings. The van der Waals surface area contributed by atoms with Crippen molar-refractivity contribution in [2.75, 3.05) is 5.32 Å². The van der Waals surface area contributed by atoms with Crippen molar-refractivity contribution in [2.24, 2.45) is 0 Å². The van der Waals surface area contributed by atoms with Crippen LogP contribution in [0.3, 0.4) is 0 Å². The second kappa shape index (κ2) is 5.87. The Hall–Kier alpha value is -2.24. The van der Waals surface area contributed by atoms with Crippen molar-refractivity contribution in [3.8, 4) is 10.4 Å². The van der Waals surface area contributed by atoms with Gasteiger partial charge in [0.15, 0.2) is 0 Å². The first-order valence-corrected chi connectivity index (χ1v) is 8.66. The number of anilines is 1. The highest BCUT2D eigenvalue weighted by Gasteiger charge is 2.10. The van der Waals surface area contributed by atoms with Crippen LogP contribution in [0.1, 0.15) is 4.88 Å². The van der Waals surface area contributed by atoms with Crippen LogP contribution in [0.2, 0.25) is 0 Å². The van der Waals surface area contributed by atoms with Crippen LogP contribution in [-0.4, -0.2) is 9.97 Å². The van der Waals surface area contributed by atoms with E-state index in [4.69, 9.17) is 0 Å². The summed E-state index contributed by atoms with van der Waals surface area (Å²) in [7, 11) is 0. The molecule has 0 amide bonds. The molecule has 0 saturated carbocycles. The normalized spacial score (nSPS) is 10.9. The van der Waals surface area contributed by atoms with E-state index in [2.05, 4.69) is 63.1 Å². The molecule has 108 valence electrons. The van der Waals surface area contributed by atoms with Gasteiger partial charge in [-0.1, -0.05) is 36.4 Å². The number of nitrogens with zero attached hydrogens (tertiary/aromatic N) is 2. The molecule has 22 heavy (non-hydrogen) atoms. The van der Waals surface area contributed by atoms with Gasteiger partial charge in [-0.15, -0.1) is 22.7 Å². The number of fused-ring (bicyclic) bond motifs is 1. The van der Waals surface area contributed by atoms with Gasteiger partial charge in [-0.25, -0.2) is 9.97 Å². The number of hydrogen-bond donors (Lipinski definition) is 1. The molecule has 0 fully saturated rings. The molecule has 1 aromatic carbocycles. The monoisotopic (exact) mass is 323 g/mol. The molecule has 0 spiro atoms. The van der Waals surface area contributed by atoms with E-state index >= 15 is 0 Å². The van der Waals surface area contributed by atoms with Crippen molar-refractivity contribution in [3.05, 3.63) is 65.1 Å². The second-order valence-electron chi connectivity index (χ2n) is 4.85. The first-order valence-electron chi connectivity index (χ1n) is 6.96. The third-order valence-electron chi connectivity index (χ3n) is 3.38. The predicted octanol–water partition coefficient (Wildman–Crippen LogP) is 5.03. The van der Waals surface area contributed by atoms with E-state index < -0.39 is 0 Å². The van der Waals surface area contributed by atoms with E-state index in [9.17, 15) is 0 Å². The van der Waals surface area contributed by atoms with E-state index in [0.29, 0.717) is 0 Å². The summed E-state index contributed by atoms with van der Waals surface area (Å²) in [5.74, 6) is 0.908. The van der Waals surface area contributed by atoms with Gasteiger partial charge in [0.05, 0.1) is 16.8 Å². The number of aromatic nitrogens is 2. The van der Waals surface area contributed by atoms with Crippen LogP contribution in [0.4, 0.5) is 5.82 Å². The molecule has 3 heterocycles. The lowest BCUT2D eigenvalue weighted by Crippen LogP contribution is -1.99. The molecular formula is C17H13N3S2. The molecule has 5 heteroatoms. The van der Waals surface area contributed by atoms with E-state index in [1.807, 2.05) is 6.07 Å². The van der Waals surface area contributed by atoms with Crippen LogP contribution in [0.25, 0.3) is 20.7 Å². The molecule has 3 nitrogen and oxygen atoms in total. The molecule has 0 radical (unpaired) electrons. The average Bonchev–Trinajstić information content (AvgIpc) is 3.23. The van der Waals surface area contributed by atoms with Gasteiger partial charge in [0, 0.05) is 9.75 Å². The minimum Gasteiger partial charge on any atom is -0.364 e. The third-order valence-corrected chi connectivity index (χ3v) is 5.44. The first kappa shape index (κ1) is 13.4. The van der Waals surface area contributed by atoms with Crippen LogP contribution in [0, 0.1) is 0 Å². The second-order valence-corrected chi connectivity index (χ2v) is 6.93. The SMILES string of the molecule is c1ccc(-c2cc3ncnc(NCc4cccs4)c3s2)cc1. The van der Waals surface area contributed by atoms with Gasteiger partial charge < -0.3 is 5.32 Å². The molecule has 0 aliphatic heterocycles. The fourth-order valence-electron chi connectivity index (χ4n) is 2.31. The largest absolute Gasteiger partial charge is 0.364 e. The molecular weight excluding hydrogens is 310 g/mol. The van der Waals surface area contributed by atoms with Gasteiger partial charge in [0.1, 0.15) is 12.1 Å². The Bertz CT molecular complexity index is 883. The van der Waals surface area contributed by atoms with Crippen molar-refractivity contribution < 1.29 is 0 Å². The Morgan fingerprint density at radius 2 is 1.91 bits per heavy atom. The maximum atomic E-state index is 4.41. The maximum absolute atomic E-state index is 4.41. The highest BCUT2D eigenvalue weighted by Crippen LogP contribution is 2.35. The van der Waals surface area contributed by atoms with E-state index in [0.717, 1.165) is 22.6 Å².